The molecular formula is C16H10Cl2FN5O. The molecule has 6 nitrogen and oxygen atoms in total. The molecule has 2 heterocycles. The molecule has 0 aliphatic carbocycles. The Morgan fingerprint density at radius 2 is 1.92 bits per heavy atom. The fourth-order valence-electron chi connectivity index (χ4n) is 2.00. The highest BCUT2D eigenvalue weighted by Gasteiger charge is 2.15. The molecule has 0 atom stereocenters. The second kappa shape index (κ2) is 7.42. The van der Waals surface area contributed by atoms with Crippen molar-refractivity contribution in [1.82, 2.24) is 15.0 Å². The number of nitrogens with zero attached hydrogens (tertiary/aromatic N) is 3. The van der Waals surface area contributed by atoms with Crippen LogP contribution in [0.4, 0.5) is 21.6 Å². The Morgan fingerprint density at radius 1 is 1.08 bits per heavy atom. The number of nitrogens with one attached hydrogen (secondary N) is 2. The van der Waals surface area contributed by atoms with Crippen molar-refractivity contribution in [3.8, 4) is 0 Å². The van der Waals surface area contributed by atoms with Crippen LogP contribution in [0.2, 0.25) is 10.3 Å². The van der Waals surface area contributed by atoms with Crippen molar-refractivity contribution in [3.05, 3.63) is 70.6 Å². The molecule has 9 heteroatoms. The van der Waals surface area contributed by atoms with E-state index in [2.05, 4.69) is 25.6 Å². The number of hydrogen-bond donors (Lipinski definition) is 2. The predicted octanol–water partition coefficient (Wildman–Crippen LogP) is 4.31. The molecule has 25 heavy (non-hydrogen) atoms. The molecule has 2 N–H and O–H groups in total. The first-order valence-corrected chi connectivity index (χ1v) is 7.74. The summed E-state index contributed by atoms with van der Waals surface area (Å²) in [5.74, 6) is -0.813. The Kier molecular flexibility index (Phi) is 5.06. The maximum absolute atomic E-state index is 13.3. The van der Waals surface area contributed by atoms with Gasteiger partial charge in [-0.15, -0.1) is 0 Å². The monoisotopic (exact) mass is 377 g/mol. The van der Waals surface area contributed by atoms with Crippen LogP contribution in [0, 0.1) is 5.82 Å². The molecule has 0 bridgehead atoms. The smallest absolute Gasteiger partial charge is 0.255 e. The number of rotatable bonds is 4. The highest BCUT2D eigenvalue weighted by molar-refractivity contribution is 6.33. The largest absolute Gasteiger partial charge is 0.338 e. The maximum atomic E-state index is 13.3. The Bertz CT molecular complexity index is 938. The normalized spacial score (nSPS) is 10.4. The number of benzene rings is 1. The summed E-state index contributed by atoms with van der Waals surface area (Å²) >= 11 is 11.9. The van der Waals surface area contributed by atoms with Gasteiger partial charge < -0.3 is 10.6 Å². The topological polar surface area (TPSA) is 79.8 Å². The number of aromatic nitrogens is 3. The van der Waals surface area contributed by atoms with Crippen molar-refractivity contribution in [3.63, 3.8) is 0 Å². The van der Waals surface area contributed by atoms with Gasteiger partial charge in [-0.25, -0.2) is 19.3 Å². The maximum Gasteiger partial charge on any atom is 0.255 e. The zero-order valence-electron chi connectivity index (χ0n) is 12.5. The van der Waals surface area contributed by atoms with Gasteiger partial charge in [-0.05, 0) is 30.3 Å². The van der Waals surface area contributed by atoms with Gasteiger partial charge in [0.1, 0.15) is 23.0 Å². The molecule has 0 aliphatic rings. The van der Waals surface area contributed by atoms with Crippen LogP contribution >= 0.6 is 23.2 Å². The Labute approximate surface area is 152 Å². The Morgan fingerprint density at radius 3 is 2.68 bits per heavy atom. The van der Waals surface area contributed by atoms with Crippen LogP contribution in [0.15, 0.2) is 48.9 Å². The first-order valence-electron chi connectivity index (χ1n) is 6.99. The molecule has 0 aliphatic heterocycles. The summed E-state index contributed by atoms with van der Waals surface area (Å²) in [7, 11) is 0. The van der Waals surface area contributed by atoms with Gasteiger partial charge in [-0.1, -0.05) is 29.3 Å². The molecule has 1 aromatic carbocycles. The zero-order valence-corrected chi connectivity index (χ0v) is 14.0. The van der Waals surface area contributed by atoms with E-state index in [-0.39, 0.29) is 27.4 Å². The molecule has 3 aromatic rings. The van der Waals surface area contributed by atoms with E-state index in [1.807, 2.05) is 0 Å². The molecular weight excluding hydrogens is 368 g/mol. The molecule has 0 unspecified atom stereocenters. The van der Waals surface area contributed by atoms with Crippen molar-refractivity contribution in [2.24, 2.45) is 0 Å². The van der Waals surface area contributed by atoms with Crippen LogP contribution < -0.4 is 10.6 Å². The summed E-state index contributed by atoms with van der Waals surface area (Å²) in [6.45, 7) is 0. The van der Waals surface area contributed by atoms with Gasteiger partial charge in [0.15, 0.2) is 11.0 Å². The van der Waals surface area contributed by atoms with Gasteiger partial charge in [0.25, 0.3) is 5.91 Å². The lowest BCUT2D eigenvalue weighted by atomic mass is 10.2. The van der Waals surface area contributed by atoms with Crippen molar-refractivity contribution in [2.75, 3.05) is 10.6 Å². The molecule has 3 rings (SSSR count). The highest BCUT2D eigenvalue weighted by Crippen LogP contribution is 2.29. The van der Waals surface area contributed by atoms with Crippen molar-refractivity contribution in [2.45, 2.75) is 0 Å². The number of amides is 1. The number of anilines is 3. The van der Waals surface area contributed by atoms with E-state index in [1.54, 1.807) is 12.1 Å². The van der Waals surface area contributed by atoms with Crippen LogP contribution in [0.3, 0.4) is 0 Å². The second-order valence-electron chi connectivity index (χ2n) is 4.84. The lowest BCUT2D eigenvalue weighted by molar-refractivity contribution is 0.102. The lowest BCUT2D eigenvalue weighted by Gasteiger charge is -2.13. The van der Waals surface area contributed by atoms with E-state index in [0.717, 1.165) is 6.07 Å². The average Bonchev–Trinajstić information content (AvgIpc) is 2.58. The fourth-order valence-corrected chi connectivity index (χ4v) is 2.36. The summed E-state index contributed by atoms with van der Waals surface area (Å²) in [6, 6.07) is 8.52. The molecule has 0 spiro atoms. The SMILES string of the molecule is O=C(Nc1c(Cl)ncnc1Nc1ccnc(Cl)c1)c1cccc(F)c1. The van der Waals surface area contributed by atoms with Crippen LogP contribution in [0.5, 0.6) is 0 Å². The lowest BCUT2D eigenvalue weighted by Crippen LogP contribution is -2.14. The van der Waals surface area contributed by atoms with E-state index < -0.39 is 11.7 Å². The third-order valence-corrected chi connectivity index (χ3v) is 3.61. The number of halogens is 3. The van der Waals surface area contributed by atoms with E-state index >= 15 is 0 Å². The predicted molar refractivity (Wildman–Crippen MR) is 93.9 cm³/mol. The summed E-state index contributed by atoms with van der Waals surface area (Å²) in [5, 5.41) is 5.87. The third kappa shape index (κ3) is 4.20. The summed E-state index contributed by atoms with van der Waals surface area (Å²) < 4.78 is 13.3. The number of pyridine rings is 1. The number of hydrogen-bond acceptors (Lipinski definition) is 5. The quantitative estimate of drug-likeness (QED) is 0.522. The third-order valence-electron chi connectivity index (χ3n) is 3.12. The second-order valence-corrected chi connectivity index (χ2v) is 5.59. The molecule has 0 radical (unpaired) electrons. The highest BCUT2D eigenvalue weighted by atomic mass is 35.5. The van der Waals surface area contributed by atoms with Gasteiger partial charge in [0, 0.05) is 17.4 Å². The first-order chi connectivity index (χ1) is 12.0. The van der Waals surface area contributed by atoms with E-state index in [4.69, 9.17) is 23.2 Å². The van der Waals surface area contributed by atoms with Gasteiger partial charge >= 0.3 is 0 Å². The van der Waals surface area contributed by atoms with Crippen LogP contribution in [0.25, 0.3) is 0 Å². The van der Waals surface area contributed by atoms with E-state index in [9.17, 15) is 9.18 Å². The van der Waals surface area contributed by atoms with Crippen LogP contribution in [0.1, 0.15) is 10.4 Å². The first kappa shape index (κ1) is 17.1. The van der Waals surface area contributed by atoms with E-state index in [1.165, 1.54) is 30.7 Å². The molecule has 0 saturated heterocycles. The molecule has 1 amide bonds. The Hall–Kier alpha value is -2.77. The van der Waals surface area contributed by atoms with Crippen LogP contribution in [-0.4, -0.2) is 20.9 Å². The van der Waals surface area contributed by atoms with Crippen molar-refractivity contribution >= 4 is 46.3 Å². The van der Waals surface area contributed by atoms with Crippen LogP contribution in [-0.2, 0) is 0 Å². The fraction of sp³-hybridized carbons (Fsp3) is 0. The average molecular weight is 378 g/mol. The summed E-state index contributed by atoms with van der Waals surface area (Å²) in [4.78, 5) is 24.1. The zero-order chi connectivity index (χ0) is 17.8. The molecule has 2 aromatic heterocycles. The Balaban J connectivity index is 1.89. The summed E-state index contributed by atoms with van der Waals surface area (Å²) in [5.41, 5.74) is 0.889. The number of carbonyl (C=O) groups excluding carboxylic acids is 1. The molecule has 0 fully saturated rings. The minimum Gasteiger partial charge on any atom is -0.338 e. The number of carbonyl (C=O) groups is 1. The molecule has 126 valence electrons. The van der Waals surface area contributed by atoms with Gasteiger partial charge in [-0.3, -0.25) is 4.79 Å². The van der Waals surface area contributed by atoms with Crippen molar-refractivity contribution in [1.29, 1.82) is 0 Å². The van der Waals surface area contributed by atoms with Gasteiger partial charge in [0.05, 0.1) is 0 Å². The standard InChI is InChI=1S/C16H10Cl2FN5O/c17-12-7-11(4-5-20-12)23-15-13(14(18)21-8-22-15)24-16(25)9-2-1-3-10(19)6-9/h1-8H,(H,24,25)(H,20,21,22,23). The van der Waals surface area contributed by atoms with E-state index in [0.29, 0.717) is 5.69 Å². The van der Waals surface area contributed by atoms with Gasteiger partial charge in [0.2, 0.25) is 0 Å². The molecule has 0 saturated carbocycles. The minimum atomic E-state index is -0.549. The summed E-state index contributed by atoms with van der Waals surface area (Å²) in [6.07, 6.45) is 2.75. The minimum absolute atomic E-state index is 0.0300. The van der Waals surface area contributed by atoms with Crippen molar-refractivity contribution < 1.29 is 9.18 Å². The van der Waals surface area contributed by atoms with Gasteiger partial charge in [-0.2, -0.15) is 0 Å².